The first-order valence-corrected chi connectivity index (χ1v) is 6.55. The summed E-state index contributed by atoms with van der Waals surface area (Å²) in [5.74, 6) is -0.275. The summed E-state index contributed by atoms with van der Waals surface area (Å²) in [5.41, 5.74) is 2.70. The Kier molecular flexibility index (Phi) is 4.15. The van der Waals surface area contributed by atoms with Gasteiger partial charge in [-0.05, 0) is 35.7 Å². The van der Waals surface area contributed by atoms with Crippen molar-refractivity contribution >= 4 is 15.9 Å². The molecule has 2 rings (SSSR count). The van der Waals surface area contributed by atoms with Crippen LogP contribution in [0.25, 0.3) is 0 Å². The molecule has 3 heteroatoms. The number of benzene rings is 2. The number of halogens is 2. The maximum atomic E-state index is 13.1. The Morgan fingerprint density at radius 1 is 1.22 bits per heavy atom. The van der Waals surface area contributed by atoms with Crippen LogP contribution in [-0.4, -0.2) is 5.11 Å². The molecule has 0 aliphatic carbocycles. The Morgan fingerprint density at radius 3 is 2.67 bits per heavy atom. The molecule has 1 atom stereocenters. The zero-order chi connectivity index (χ0) is 13.1. The van der Waals surface area contributed by atoms with Gasteiger partial charge in [0.15, 0.2) is 0 Å². The van der Waals surface area contributed by atoms with E-state index >= 15 is 0 Å². The van der Waals surface area contributed by atoms with E-state index in [1.165, 1.54) is 12.1 Å². The molecule has 2 aromatic rings. The van der Waals surface area contributed by atoms with Crippen molar-refractivity contribution in [3.05, 3.63) is 69.4 Å². The third-order valence-electron chi connectivity index (χ3n) is 2.90. The summed E-state index contributed by atoms with van der Waals surface area (Å²) in [6.45, 7) is 1.97. The van der Waals surface area contributed by atoms with E-state index in [2.05, 4.69) is 15.9 Å². The van der Waals surface area contributed by atoms with Crippen molar-refractivity contribution in [2.75, 3.05) is 0 Å². The van der Waals surface area contributed by atoms with Gasteiger partial charge >= 0.3 is 0 Å². The fourth-order valence-corrected chi connectivity index (χ4v) is 2.45. The zero-order valence-corrected chi connectivity index (χ0v) is 11.6. The minimum absolute atomic E-state index is 0.275. The monoisotopic (exact) mass is 308 g/mol. The van der Waals surface area contributed by atoms with Gasteiger partial charge in [0.05, 0.1) is 6.10 Å². The van der Waals surface area contributed by atoms with E-state index in [9.17, 15) is 9.50 Å². The molecular formula is C15H14BrFO. The lowest BCUT2D eigenvalue weighted by molar-refractivity contribution is 0.177. The molecule has 0 saturated carbocycles. The molecule has 0 heterocycles. The van der Waals surface area contributed by atoms with Crippen LogP contribution in [-0.2, 0) is 6.42 Å². The van der Waals surface area contributed by atoms with E-state index in [1.54, 1.807) is 6.07 Å². The average molecular weight is 309 g/mol. The Bertz CT molecular complexity index is 554. The molecule has 0 bridgehead atoms. The van der Waals surface area contributed by atoms with Crippen LogP contribution in [0.4, 0.5) is 4.39 Å². The van der Waals surface area contributed by atoms with Crippen LogP contribution in [0, 0.1) is 12.7 Å². The van der Waals surface area contributed by atoms with E-state index in [0.29, 0.717) is 6.42 Å². The predicted molar refractivity (Wildman–Crippen MR) is 73.9 cm³/mol. The first-order chi connectivity index (χ1) is 8.58. The second-order valence-corrected chi connectivity index (χ2v) is 5.12. The van der Waals surface area contributed by atoms with Crippen LogP contribution in [0.3, 0.4) is 0 Å². The maximum Gasteiger partial charge on any atom is 0.123 e. The Balaban J connectivity index is 2.22. The molecule has 0 spiro atoms. The van der Waals surface area contributed by atoms with Crippen molar-refractivity contribution in [1.29, 1.82) is 0 Å². The largest absolute Gasteiger partial charge is 0.388 e. The van der Waals surface area contributed by atoms with Crippen LogP contribution in [0.15, 0.2) is 46.9 Å². The van der Waals surface area contributed by atoms with Gasteiger partial charge in [0.25, 0.3) is 0 Å². The maximum absolute atomic E-state index is 13.1. The van der Waals surface area contributed by atoms with Crippen molar-refractivity contribution in [2.45, 2.75) is 19.4 Å². The number of aliphatic hydroxyl groups excluding tert-OH is 1. The molecule has 0 aromatic heterocycles. The second-order valence-electron chi connectivity index (χ2n) is 4.33. The lowest BCUT2D eigenvalue weighted by atomic mass is 10.00. The SMILES string of the molecule is Cc1cccc(C(O)Cc2cccc(F)c2)c1Br. The zero-order valence-electron chi connectivity index (χ0n) is 10.0. The Labute approximate surface area is 114 Å². The highest BCUT2D eigenvalue weighted by molar-refractivity contribution is 9.10. The summed E-state index contributed by atoms with van der Waals surface area (Å²) < 4.78 is 14.0. The summed E-state index contributed by atoms with van der Waals surface area (Å²) in [7, 11) is 0. The van der Waals surface area contributed by atoms with E-state index in [0.717, 1.165) is 21.2 Å². The van der Waals surface area contributed by atoms with Gasteiger partial charge in [0.2, 0.25) is 0 Å². The third-order valence-corrected chi connectivity index (χ3v) is 3.98. The van der Waals surface area contributed by atoms with Gasteiger partial charge in [-0.15, -0.1) is 0 Å². The van der Waals surface area contributed by atoms with Crippen LogP contribution >= 0.6 is 15.9 Å². The number of hydrogen-bond acceptors (Lipinski definition) is 1. The molecule has 0 radical (unpaired) electrons. The molecule has 1 unspecified atom stereocenters. The highest BCUT2D eigenvalue weighted by Crippen LogP contribution is 2.28. The molecule has 0 fully saturated rings. The van der Waals surface area contributed by atoms with Crippen molar-refractivity contribution < 1.29 is 9.50 Å². The van der Waals surface area contributed by atoms with E-state index < -0.39 is 6.10 Å². The van der Waals surface area contributed by atoms with Crippen LogP contribution < -0.4 is 0 Å². The fraction of sp³-hybridized carbons (Fsp3) is 0.200. The lowest BCUT2D eigenvalue weighted by Gasteiger charge is -2.14. The average Bonchev–Trinajstić information content (AvgIpc) is 2.32. The van der Waals surface area contributed by atoms with Gasteiger partial charge in [-0.25, -0.2) is 4.39 Å². The minimum atomic E-state index is -0.638. The summed E-state index contributed by atoms with van der Waals surface area (Å²) in [5, 5.41) is 10.2. The Hall–Kier alpha value is -1.19. The van der Waals surface area contributed by atoms with Gasteiger partial charge in [0.1, 0.15) is 5.82 Å². The van der Waals surface area contributed by atoms with Crippen LogP contribution in [0.5, 0.6) is 0 Å². The van der Waals surface area contributed by atoms with Crippen molar-refractivity contribution in [3.8, 4) is 0 Å². The van der Waals surface area contributed by atoms with Gasteiger partial charge in [-0.2, -0.15) is 0 Å². The molecule has 0 aliphatic heterocycles. The molecule has 0 saturated heterocycles. The van der Waals surface area contributed by atoms with Gasteiger partial charge < -0.3 is 5.11 Å². The van der Waals surface area contributed by atoms with Crippen molar-refractivity contribution in [1.82, 2.24) is 0 Å². The number of aryl methyl sites for hydroxylation is 1. The normalized spacial score (nSPS) is 12.4. The first-order valence-electron chi connectivity index (χ1n) is 5.75. The third kappa shape index (κ3) is 2.98. The molecule has 18 heavy (non-hydrogen) atoms. The quantitative estimate of drug-likeness (QED) is 0.902. The topological polar surface area (TPSA) is 20.2 Å². The molecule has 0 aliphatic rings. The highest BCUT2D eigenvalue weighted by atomic mass is 79.9. The van der Waals surface area contributed by atoms with E-state index in [-0.39, 0.29) is 5.82 Å². The van der Waals surface area contributed by atoms with Crippen LogP contribution in [0.1, 0.15) is 22.8 Å². The number of aliphatic hydroxyl groups is 1. The van der Waals surface area contributed by atoms with Gasteiger partial charge in [0, 0.05) is 10.9 Å². The highest BCUT2D eigenvalue weighted by Gasteiger charge is 2.13. The van der Waals surface area contributed by atoms with Crippen LogP contribution in [0.2, 0.25) is 0 Å². The summed E-state index contributed by atoms with van der Waals surface area (Å²) in [6.07, 6.45) is -0.235. The predicted octanol–water partition coefficient (Wildman–Crippen LogP) is 4.17. The summed E-state index contributed by atoms with van der Waals surface area (Å²) in [6, 6.07) is 12.1. The second kappa shape index (κ2) is 5.63. The molecule has 0 amide bonds. The van der Waals surface area contributed by atoms with Crippen molar-refractivity contribution in [2.24, 2.45) is 0 Å². The van der Waals surface area contributed by atoms with Gasteiger partial charge in [-0.1, -0.05) is 46.3 Å². The molecular weight excluding hydrogens is 295 g/mol. The van der Waals surface area contributed by atoms with Gasteiger partial charge in [-0.3, -0.25) is 0 Å². The molecule has 1 N–H and O–H groups in total. The molecule has 94 valence electrons. The number of rotatable bonds is 3. The minimum Gasteiger partial charge on any atom is -0.388 e. The smallest absolute Gasteiger partial charge is 0.123 e. The number of hydrogen-bond donors (Lipinski definition) is 1. The van der Waals surface area contributed by atoms with Crippen molar-refractivity contribution in [3.63, 3.8) is 0 Å². The summed E-state index contributed by atoms with van der Waals surface area (Å²) in [4.78, 5) is 0. The fourth-order valence-electron chi connectivity index (χ4n) is 1.92. The van der Waals surface area contributed by atoms with E-state index in [4.69, 9.17) is 0 Å². The lowest BCUT2D eigenvalue weighted by Crippen LogP contribution is -2.03. The standard InChI is InChI=1S/C15H14BrFO/c1-10-4-2-7-13(15(10)16)14(18)9-11-5-3-6-12(17)8-11/h2-8,14,18H,9H2,1H3. The summed E-state index contributed by atoms with van der Waals surface area (Å²) >= 11 is 3.47. The Morgan fingerprint density at radius 2 is 1.94 bits per heavy atom. The molecule has 2 aromatic carbocycles. The molecule has 1 nitrogen and oxygen atoms in total. The first kappa shape index (κ1) is 13.2. The van der Waals surface area contributed by atoms with E-state index in [1.807, 2.05) is 31.2 Å².